The van der Waals surface area contributed by atoms with Gasteiger partial charge in [-0.3, -0.25) is 4.79 Å². The van der Waals surface area contributed by atoms with Gasteiger partial charge in [-0.1, -0.05) is 30.3 Å². The highest BCUT2D eigenvalue weighted by Crippen LogP contribution is 2.18. The van der Waals surface area contributed by atoms with Gasteiger partial charge in [-0.2, -0.15) is 0 Å². The van der Waals surface area contributed by atoms with E-state index in [2.05, 4.69) is 31.7 Å². The largest absolute Gasteiger partial charge is 0.361 e. The van der Waals surface area contributed by atoms with E-state index in [0.29, 0.717) is 19.0 Å². The third-order valence-electron chi connectivity index (χ3n) is 4.61. The van der Waals surface area contributed by atoms with E-state index in [1.54, 1.807) is 24.4 Å². The van der Waals surface area contributed by atoms with Crippen molar-refractivity contribution < 1.29 is 9.18 Å². The van der Waals surface area contributed by atoms with Crippen LogP contribution in [0.5, 0.6) is 0 Å². The number of rotatable bonds is 7. The van der Waals surface area contributed by atoms with E-state index in [9.17, 15) is 9.18 Å². The molecule has 0 unspecified atom stereocenters. The Morgan fingerprint density at radius 1 is 1.07 bits per heavy atom. The van der Waals surface area contributed by atoms with E-state index in [1.165, 1.54) is 23.1 Å². The molecular weight excluding hydrogens is 369 g/mol. The van der Waals surface area contributed by atoms with Gasteiger partial charge in [0.2, 0.25) is 5.95 Å². The number of nitrogens with zero attached hydrogens (tertiary/aromatic N) is 2. The molecule has 0 saturated heterocycles. The van der Waals surface area contributed by atoms with Crippen molar-refractivity contribution in [1.82, 2.24) is 20.3 Å². The lowest BCUT2D eigenvalue weighted by atomic mass is 10.1. The van der Waals surface area contributed by atoms with Gasteiger partial charge in [-0.15, -0.1) is 0 Å². The van der Waals surface area contributed by atoms with Gasteiger partial charge < -0.3 is 15.6 Å². The average molecular weight is 389 g/mol. The highest BCUT2D eigenvalue weighted by Gasteiger charge is 2.09. The molecule has 0 fully saturated rings. The molecule has 0 aliphatic carbocycles. The summed E-state index contributed by atoms with van der Waals surface area (Å²) in [5.41, 5.74) is 3.41. The van der Waals surface area contributed by atoms with Gasteiger partial charge >= 0.3 is 0 Å². The molecule has 0 aliphatic rings. The lowest BCUT2D eigenvalue weighted by molar-refractivity contribution is 0.0946. The molecule has 0 bridgehead atoms. The maximum atomic E-state index is 13.0. The minimum absolute atomic E-state index is 0.275. The summed E-state index contributed by atoms with van der Waals surface area (Å²) in [6, 6.07) is 15.7. The molecule has 4 rings (SSSR count). The van der Waals surface area contributed by atoms with Gasteiger partial charge in [-0.05, 0) is 41.8 Å². The lowest BCUT2D eigenvalue weighted by Crippen LogP contribution is -2.24. The molecule has 2 aromatic carbocycles. The number of benzene rings is 2. The predicted octanol–water partition coefficient (Wildman–Crippen LogP) is 3.68. The zero-order valence-electron chi connectivity index (χ0n) is 15.7. The molecule has 2 heterocycles. The molecule has 6 nitrogen and oxygen atoms in total. The van der Waals surface area contributed by atoms with Crippen LogP contribution in [0.2, 0.25) is 0 Å². The number of anilines is 1. The first-order valence-electron chi connectivity index (χ1n) is 9.33. The van der Waals surface area contributed by atoms with E-state index in [0.717, 1.165) is 17.5 Å². The van der Waals surface area contributed by atoms with Crippen molar-refractivity contribution in [3.05, 3.63) is 89.6 Å². The Hall–Kier alpha value is -3.74. The maximum Gasteiger partial charge on any atom is 0.270 e. The molecule has 0 spiro atoms. The molecule has 3 N–H and O–H groups in total. The van der Waals surface area contributed by atoms with E-state index >= 15 is 0 Å². The van der Waals surface area contributed by atoms with Crippen molar-refractivity contribution in [2.24, 2.45) is 0 Å². The summed E-state index contributed by atoms with van der Waals surface area (Å²) in [5, 5.41) is 7.14. The van der Waals surface area contributed by atoms with Crippen molar-refractivity contribution in [1.29, 1.82) is 0 Å². The van der Waals surface area contributed by atoms with Crippen LogP contribution in [0.4, 0.5) is 10.3 Å². The standard InChI is InChI=1S/C22H20FN5O/c23-17-7-5-15(6-8-17)13-27-21(29)20-10-12-25-22(28-20)24-11-9-16-14-26-19-4-2-1-3-18(16)19/h1-8,10,12,14,26H,9,11,13H2,(H,27,29)(H,24,25,28). The third kappa shape index (κ3) is 4.57. The Morgan fingerprint density at radius 2 is 1.90 bits per heavy atom. The van der Waals surface area contributed by atoms with Crippen molar-refractivity contribution in [2.75, 3.05) is 11.9 Å². The Morgan fingerprint density at radius 3 is 2.76 bits per heavy atom. The van der Waals surface area contributed by atoms with Crippen LogP contribution in [-0.2, 0) is 13.0 Å². The number of amides is 1. The molecule has 7 heteroatoms. The van der Waals surface area contributed by atoms with Gasteiger partial charge in [0.15, 0.2) is 0 Å². The van der Waals surface area contributed by atoms with Crippen LogP contribution in [-0.4, -0.2) is 27.4 Å². The minimum Gasteiger partial charge on any atom is -0.361 e. The van der Waals surface area contributed by atoms with Crippen LogP contribution in [0.3, 0.4) is 0 Å². The molecule has 0 aliphatic heterocycles. The number of para-hydroxylation sites is 1. The molecule has 0 radical (unpaired) electrons. The van der Waals surface area contributed by atoms with Gasteiger partial charge in [0.1, 0.15) is 11.5 Å². The maximum absolute atomic E-state index is 13.0. The fourth-order valence-corrected chi connectivity index (χ4v) is 3.09. The molecule has 0 atom stereocenters. The smallest absolute Gasteiger partial charge is 0.270 e. The third-order valence-corrected chi connectivity index (χ3v) is 4.61. The van der Waals surface area contributed by atoms with E-state index in [4.69, 9.17) is 0 Å². The zero-order valence-corrected chi connectivity index (χ0v) is 15.7. The SMILES string of the molecule is O=C(NCc1ccc(F)cc1)c1ccnc(NCCc2c[nH]c3ccccc23)n1. The van der Waals surface area contributed by atoms with Crippen molar-refractivity contribution >= 4 is 22.8 Å². The molecular formula is C22H20FN5O. The van der Waals surface area contributed by atoms with Crippen LogP contribution < -0.4 is 10.6 Å². The topological polar surface area (TPSA) is 82.7 Å². The highest BCUT2D eigenvalue weighted by atomic mass is 19.1. The Bertz CT molecular complexity index is 1120. The van der Waals surface area contributed by atoms with Crippen molar-refractivity contribution in [3.63, 3.8) is 0 Å². The first-order valence-corrected chi connectivity index (χ1v) is 9.33. The lowest BCUT2D eigenvalue weighted by Gasteiger charge is -2.07. The molecule has 0 saturated carbocycles. The molecule has 4 aromatic rings. The quantitative estimate of drug-likeness (QED) is 0.450. The predicted molar refractivity (Wildman–Crippen MR) is 110 cm³/mol. The number of hydrogen-bond acceptors (Lipinski definition) is 4. The summed E-state index contributed by atoms with van der Waals surface area (Å²) in [6.45, 7) is 0.939. The number of carbonyl (C=O) groups is 1. The van der Waals surface area contributed by atoms with Crippen molar-refractivity contribution in [2.45, 2.75) is 13.0 Å². The number of H-pyrrole nitrogens is 1. The summed E-state index contributed by atoms with van der Waals surface area (Å²) in [4.78, 5) is 24.1. The van der Waals surface area contributed by atoms with Crippen LogP contribution in [0.1, 0.15) is 21.6 Å². The Balaban J connectivity index is 1.33. The van der Waals surface area contributed by atoms with Crippen LogP contribution in [0.15, 0.2) is 67.0 Å². The second-order valence-corrected chi connectivity index (χ2v) is 6.61. The van der Waals surface area contributed by atoms with Crippen molar-refractivity contribution in [3.8, 4) is 0 Å². The summed E-state index contributed by atoms with van der Waals surface area (Å²) < 4.78 is 13.0. The van der Waals surface area contributed by atoms with Gasteiger partial charge in [0.05, 0.1) is 0 Å². The highest BCUT2D eigenvalue weighted by molar-refractivity contribution is 5.92. The number of fused-ring (bicyclic) bond motifs is 1. The first-order chi connectivity index (χ1) is 14.2. The summed E-state index contributed by atoms with van der Waals surface area (Å²) in [5.74, 6) is -0.213. The van der Waals surface area contributed by atoms with Gasteiger partial charge in [0, 0.05) is 36.4 Å². The Labute approximate surface area is 167 Å². The summed E-state index contributed by atoms with van der Waals surface area (Å²) >= 11 is 0. The second-order valence-electron chi connectivity index (χ2n) is 6.61. The fourth-order valence-electron chi connectivity index (χ4n) is 3.09. The van der Waals surface area contributed by atoms with E-state index in [1.807, 2.05) is 24.4 Å². The number of carbonyl (C=O) groups excluding carboxylic acids is 1. The first kappa shape index (κ1) is 18.6. The number of aromatic amines is 1. The zero-order chi connectivity index (χ0) is 20.1. The minimum atomic E-state index is -0.309. The Kier molecular flexibility index (Phi) is 5.47. The monoisotopic (exact) mass is 389 g/mol. The number of aromatic nitrogens is 3. The summed E-state index contributed by atoms with van der Waals surface area (Å²) in [6.07, 6.45) is 4.36. The van der Waals surface area contributed by atoms with Gasteiger partial charge in [-0.25, -0.2) is 14.4 Å². The summed E-state index contributed by atoms with van der Waals surface area (Å²) in [7, 11) is 0. The molecule has 29 heavy (non-hydrogen) atoms. The fraction of sp³-hybridized carbons (Fsp3) is 0.136. The number of halogens is 1. The van der Waals surface area contributed by atoms with Crippen LogP contribution in [0, 0.1) is 5.82 Å². The molecule has 146 valence electrons. The van der Waals surface area contributed by atoms with Gasteiger partial charge in [0.25, 0.3) is 5.91 Å². The van der Waals surface area contributed by atoms with Crippen LogP contribution >= 0.6 is 0 Å². The van der Waals surface area contributed by atoms with Crippen LogP contribution in [0.25, 0.3) is 10.9 Å². The average Bonchev–Trinajstić information content (AvgIpc) is 3.16. The number of hydrogen-bond donors (Lipinski definition) is 3. The molecule has 2 aromatic heterocycles. The normalized spacial score (nSPS) is 10.8. The van der Waals surface area contributed by atoms with E-state index < -0.39 is 0 Å². The van der Waals surface area contributed by atoms with E-state index in [-0.39, 0.29) is 17.4 Å². The second kappa shape index (κ2) is 8.52. The number of nitrogens with one attached hydrogen (secondary N) is 3. The molecule has 1 amide bonds.